The van der Waals surface area contributed by atoms with Crippen molar-refractivity contribution in [3.8, 4) is 0 Å². The van der Waals surface area contributed by atoms with Crippen LogP contribution in [0.15, 0.2) is 18.2 Å². The Bertz CT molecular complexity index is 425. The number of aryl methyl sites for hydroxylation is 1. The van der Waals surface area contributed by atoms with Crippen molar-refractivity contribution in [2.75, 3.05) is 0 Å². The number of rotatable bonds is 2. The average Bonchev–Trinajstić information content (AvgIpc) is 2.46. The number of hydrogen-bond acceptors (Lipinski definition) is 1. The predicted octanol–water partition coefficient (Wildman–Crippen LogP) is 3.58. The summed E-state index contributed by atoms with van der Waals surface area (Å²) in [6, 6.07) is 5.01. The number of hydrogen-bond donors (Lipinski definition) is 1. The highest BCUT2D eigenvalue weighted by molar-refractivity contribution is 5.28. The molecule has 1 fully saturated rings. The molecule has 17 heavy (non-hydrogen) atoms. The Morgan fingerprint density at radius 1 is 1.29 bits per heavy atom. The van der Waals surface area contributed by atoms with Crippen LogP contribution in [0, 0.1) is 18.2 Å². The highest BCUT2D eigenvalue weighted by Gasteiger charge is 2.40. The minimum absolute atomic E-state index is 0.105. The molecule has 0 amide bonds. The summed E-state index contributed by atoms with van der Waals surface area (Å²) in [6.07, 6.45) is 4.17. The zero-order valence-corrected chi connectivity index (χ0v) is 11.0. The summed E-state index contributed by atoms with van der Waals surface area (Å²) in [5, 5.41) is 0. The van der Waals surface area contributed by atoms with E-state index in [9.17, 15) is 4.39 Å². The summed E-state index contributed by atoms with van der Waals surface area (Å²) >= 11 is 0. The topological polar surface area (TPSA) is 26.0 Å². The van der Waals surface area contributed by atoms with E-state index in [1.165, 1.54) is 18.1 Å². The normalized spacial score (nSPS) is 27.4. The van der Waals surface area contributed by atoms with E-state index in [1.807, 2.05) is 13.0 Å². The molecule has 0 saturated heterocycles. The van der Waals surface area contributed by atoms with Crippen LogP contribution in [-0.2, 0) is 6.42 Å². The first-order valence-electron chi connectivity index (χ1n) is 6.34. The average molecular weight is 235 g/mol. The van der Waals surface area contributed by atoms with Crippen LogP contribution in [0.4, 0.5) is 4.39 Å². The molecule has 2 N–H and O–H groups in total. The molecule has 1 atom stereocenters. The van der Waals surface area contributed by atoms with Gasteiger partial charge in [0.1, 0.15) is 5.82 Å². The van der Waals surface area contributed by atoms with Crippen LogP contribution in [0.1, 0.15) is 44.2 Å². The van der Waals surface area contributed by atoms with Gasteiger partial charge in [-0.2, -0.15) is 0 Å². The maximum absolute atomic E-state index is 13.0. The molecule has 1 saturated carbocycles. The maximum Gasteiger partial charge on any atom is 0.123 e. The van der Waals surface area contributed by atoms with Crippen LogP contribution in [0.2, 0.25) is 0 Å². The minimum Gasteiger partial charge on any atom is -0.325 e. The van der Waals surface area contributed by atoms with Gasteiger partial charge in [0, 0.05) is 5.54 Å². The van der Waals surface area contributed by atoms with Crippen molar-refractivity contribution in [3.05, 3.63) is 35.1 Å². The fourth-order valence-corrected chi connectivity index (χ4v) is 3.10. The Balaban J connectivity index is 2.16. The van der Waals surface area contributed by atoms with Crippen molar-refractivity contribution in [3.63, 3.8) is 0 Å². The van der Waals surface area contributed by atoms with Crippen molar-refractivity contribution in [1.82, 2.24) is 0 Å². The Labute approximate surface area is 103 Å². The van der Waals surface area contributed by atoms with Crippen LogP contribution in [0.5, 0.6) is 0 Å². The quantitative estimate of drug-likeness (QED) is 0.833. The third-order valence-electron chi connectivity index (χ3n) is 3.98. The van der Waals surface area contributed by atoms with Gasteiger partial charge in [0.25, 0.3) is 0 Å². The lowest BCUT2D eigenvalue weighted by Gasteiger charge is -2.27. The van der Waals surface area contributed by atoms with Crippen LogP contribution in [0.25, 0.3) is 0 Å². The standard InChI is InChI=1S/C15H22FN/c1-11-8-13(16)5-4-12(11)9-15(17)7-6-14(2,3)10-15/h4-5,8H,6-7,9-10,17H2,1-3H3. The molecule has 0 spiro atoms. The first kappa shape index (κ1) is 12.6. The van der Waals surface area contributed by atoms with E-state index in [1.54, 1.807) is 6.07 Å². The van der Waals surface area contributed by atoms with E-state index in [0.29, 0.717) is 5.41 Å². The maximum atomic E-state index is 13.0. The molecule has 0 aromatic heterocycles. The van der Waals surface area contributed by atoms with Gasteiger partial charge in [-0.15, -0.1) is 0 Å². The van der Waals surface area contributed by atoms with E-state index in [-0.39, 0.29) is 11.4 Å². The van der Waals surface area contributed by atoms with Crippen molar-refractivity contribution in [2.24, 2.45) is 11.1 Å². The largest absolute Gasteiger partial charge is 0.325 e. The fraction of sp³-hybridized carbons (Fsp3) is 0.600. The monoisotopic (exact) mass is 235 g/mol. The highest BCUT2D eigenvalue weighted by Crippen LogP contribution is 2.43. The molecule has 1 aliphatic rings. The molecule has 94 valence electrons. The molecule has 1 unspecified atom stereocenters. The summed E-state index contributed by atoms with van der Waals surface area (Å²) < 4.78 is 13.0. The molecule has 0 aliphatic heterocycles. The molecule has 2 rings (SSSR count). The van der Waals surface area contributed by atoms with Crippen LogP contribution < -0.4 is 5.73 Å². The second-order valence-corrected chi connectivity index (χ2v) is 6.45. The van der Waals surface area contributed by atoms with Crippen LogP contribution in [-0.4, -0.2) is 5.54 Å². The third kappa shape index (κ3) is 2.86. The molecule has 0 heterocycles. The van der Waals surface area contributed by atoms with Crippen molar-refractivity contribution < 1.29 is 4.39 Å². The van der Waals surface area contributed by atoms with Gasteiger partial charge < -0.3 is 5.73 Å². The van der Waals surface area contributed by atoms with Crippen molar-refractivity contribution in [1.29, 1.82) is 0 Å². The number of halogens is 1. The molecular formula is C15H22FN. The lowest BCUT2D eigenvalue weighted by molar-refractivity contribution is 0.334. The molecule has 1 nitrogen and oxygen atoms in total. The van der Waals surface area contributed by atoms with Gasteiger partial charge in [-0.3, -0.25) is 0 Å². The Morgan fingerprint density at radius 2 is 2.00 bits per heavy atom. The van der Waals surface area contributed by atoms with Gasteiger partial charge in [-0.25, -0.2) is 4.39 Å². The zero-order valence-electron chi connectivity index (χ0n) is 11.0. The van der Waals surface area contributed by atoms with E-state index >= 15 is 0 Å². The highest BCUT2D eigenvalue weighted by atomic mass is 19.1. The second kappa shape index (κ2) is 4.09. The van der Waals surface area contributed by atoms with Crippen molar-refractivity contribution >= 4 is 0 Å². The SMILES string of the molecule is Cc1cc(F)ccc1CC1(N)CCC(C)(C)C1. The van der Waals surface area contributed by atoms with Crippen molar-refractivity contribution in [2.45, 2.75) is 52.0 Å². The number of benzene rings is 1. The van der Waals surface area contributed by atoms with Gasteiger partial charge in [0.05, 0.1) is 0 Å². The van der Waals surface area contributed by atoms with Gasteiger partial charge >= 0.3 is 0 Å². The second-order valence-electron chi connectivity index (χ2n) is 6.45. The first-order chi connectivity index (χ1) is 7.80. The molecule has 1 aliphatic carbocycles. The lowest BCUT2D eigenvalue weighted by atomic mass is 9.84. The van der Waals surface area contributed by atoms with E-state index < -0.39 is 0 Å². The van der Waals surface area contributed by atoms with E-state index in [0.717, 1.165) is 24.8 Å². The summed E-state index contributed by atoms with van der Waals surface area (Å²) in [5.41, 5.74) is 8.92. The van der Waals surface area contributed by atoms with Crippen LogP contribution in [0.3, 0.4) is 0 Å². The molecule has 1 aromatic carbocycles. The fourth-order valence-electron chi connectivity index (χ4n) is 3.10. The van der Waals surface area contributed by atoms with Gasteiger partial charge in [0.15, 0.2) is 0 Å². The molecule has 1 aromatic rings. The molecule has 2 heteroatoms. The van der Waals surface area contributed by atoms with Gasteiger partial charge in [0.2, 0.25) is 0 Å². The summed E-state index contributed by atoms with van der Waals surface area (Å²) in [5.74, 6) is -0.163. The molecule has 0 radical (unpaired) electrons. The Hall–Kier alpha value is -0.890. The predicted molar refractivity (Wildman–Crippen MR) is 69.4 cm³/mol. The van der Waals surface area contributed by atoms with Gasteiger partial charge in [-0.1, -0.05) is 19.9 Å². The minimum atomic E-state index is -0.163. The lowest BCUT2D eigenvalue weighted by Crippen LogP contribution is -2.40. The molecule has 0 bridgehead atoms. The first-order valence-corrected chi connectivity index (χ1v) is 6.34. The van der Waals surface area contributed by atoms with E-state index in [2.05, 4.69) is 13.8 Å². The third-order valence-corrected chi connectivity index (χ3v) is 3.98. The summed E-state index contributed by atoms with van der Waals surface area (Å²) in [4.78, 5) is 0. The Kier molecular flexibility index (Phi) is 3.03. The van der Waals surface area contributed by atoms with E-state index in [4.69, 9.17) is 5.73 Å². The van der Waals surface area contributed by atoms with Gasteiger partial charge in [-0.05, 0) is 61.3 Å². The molecular weight excluding hydrogens is 213 g/mol. The summed E-state index contributed by atoms with van der Waals surface area (Å²) in [7, 11) is 0. The Morgan fingerprint density at radius 3 is 2.53 bits per heavy atom. The van der Waals surface area contributed by atoms with Crippen LogP contribution >= 0.6 is 0 Å². The summed E-state index contributed by atoms with van der Waals surface area (Å²) in [6.45, 7) is 6.51. The zero-order chi connectivity index (χ0) is 12.7. The number of nitrogens with two attached hydrogens (primary N) is 1. The smallest absolute Gasteiger partial charge is 0.123 e.